The van der Waals surface area contributed by atoms with Crippen molar-refractivity contribution in [3.05, 3.63) is 60.2 Å². The highest BCUT2D eigenvalue weighted by molar-refractivity contribution is 6.02. The topological polar surface area (TPSA) is 98.5 Å². The molecule has 0 atom stereocenters. The smallest absolute Gasteiger partial charge is 0.341 e. The zero-order valence-corrected chi connectivity index (χ0v) is 17.0. The highest BCUT2D eigenvalue weighted by atomic mass is 19.1. The maximum absolute atomic E-state index is 13.7. The molecule has 0 fully saturated rings. The van der Waals surface area contributed by atoms with Crippen molar-refractivity contribution in [2.45, 2.75) is 0 Å². The second-order valence-electron chi connectivity index (χ2n) is 6.75. The van der Waals surface area contributed by atoms with Crippen LogP contribution in [-0.2, 0) is 11.8 Å². The number of ether oxygens (including phenoxy) is 2. The van der Waals surface area contributed by atoms with Crippen LogP contribution < -0.4 is 10.1 Å². The lowest BCUT2D eigenvalue weighted by atomic mass is 10.1. The molecule has 2 aromatic heterocycles. The number of carbonyl (C=O) groups excluding carboxylic acids is 1. The zero-order chi connectivity index (χ0) is 22.1. The van der Waals surface area contributed by atoms with Crippen LogP contribution in [0.4, 0.5) is 16.0 Å². The van der Waals surface area contributed by atoms with Gasteiger partial charge in [0.1, 0.15) is 11.3 Å². The van der Waals surface area contributed by atoms with Crippen LogP contribution in [-0.4, -0.2) is 39.8 Å². The summed E-state index contributed by atoms with van der Waals surface area (Å²) in [5, 5.41) is 13.5. The van der Waals surface area contributed by atoms with Crippen LogP contribution in [0.5, 0.6) is 11.5 Å². The minimum atomic E-state index is -0.819. The molecule has 0 amide bonds. The summed E-state index contributed by atoms with van der Waals surface area (Å²) < 4.78 is 25.7. The van der Waals surface area contributed by atoms with Gasteiger partial charge in [0, 0.05) is 48.0 Å². The Balaban J connectivity index is 1.86. The number of aromatic hydroxyl groups is 1. The predicted molar refractivity (Wildman–Crippen MR) is 113 cm³/mol. The van der Waals surface area contributed by atoms with Crippen LogP contribution in [0.1, 0.15) is 10.4 Å². The minimum Gasteiger partial charge on any atom is -0.505 e. The van der Waals surface area contributed by atoms with Gasteiger partial charge in [0.2, 0.25) is 5.95 Å². The van der Waals surface area contributed by atoms with Gasteiger partial charge in [-0.05, 0) is 6.07 Å². The monoisotopic (exact) mass is 422 g/mol. The van der Waals surface area contributed by atoms with E-state index >= 15 is 0 Å². The van der Waals surface area contributed by atoms with E-state index in [9.17, 15) is 14.3 Å². The Hall–Kier alpha value is -4.14. The number of para-hydroxylation sites is 1. The van der Waals surface area contributed by atoms with E-state index in [0.717, 1.165) is 22.5 Å². The van der Waals surface area contributed by atoms with Crippen LogP contribution in [0.3, 0.4) is 0 Å². The molecule has 0 radical (unpaired) electrons. The molecule has 2 aromatic carbocycles. The van der Waals surface area contributed by atoms with Crippen LogP contribution in [0.2, 0.25) is 0 Å². The maximum atomic E-state index is 13.7. The summed E-state index contributed by atoms with van der Waals surface area (Å²) >= 11 is 0. The number of phenols is 1. The second kappa shape index (κ2) is 7.94. The Bertz CT molecular complexity index is 1300. The van der Waals surface area contributed by atoms with Crippen molar-refractivity contribution in [3.8, 4) is 22.8 Å². The number of aryl methyl sites for hydroxylation is 1. The van der Waals surface area contributed by atoms with E-state index in [4.69, 9.17) is 9.47 Å². The molecule has 0 bridgehead atoms. The van der Waals surface area contributed by atoms with Crippen molar-refractivity contribution in [3.63, 3.8) is 0 Å². The molecule has 9 heteroatoms. The molecule has 4 aromatic rings. The Kier molecular flexibility index (Phi) is 5.16. The van der Waals surface area contributed by atoms with Gasteiger partial charge in [0.15, 0.2) is 11.6 Å². The van der Waals surface area contributed by atoms with Crippen molar-refractivity contribution in [2.75, 3.05) is 19.5 Å². The van der Waals surface area contributed by atoms with Crippen molar-refractivity contribution < 1.29 is 23.8 Å². The zero-order valence-electron chi connectivity index (χ0n) is 17.0. The van der Waals surface area contributed by atoms with Gasteiger partial charge in [0.05, 0.1) is 25.6 Å². The average molecular weight is 422 g/mol. The fourth-order valence-electron chi connectivity index (χ4n) is 3.37. The van der Waals surface area contributed by atoms with Crippen molar-refractivity contribution >= 4 is 28.5 Å². The molecular weight excluding hydrogens is 403 g/mol. The predicted octanol–water partition coefficient (Wildman–Crippen LogP) is 4.02. The summed E-state index contributed by atoms with van der Waals surface area (Å²) in [7, 11) is 4.56. The Labute approximate surface area is 176 Å². The third-order valence-electron chi connectivity index (χ3n) is 4.86. The minimum absolute atomic E-state index is 0.125. The first-order chi connectivity index (χ1) is 14.9. The Morgan fingerprint density at radius 1 is 1.23 bits per heavy atom. The third kappa shape index (κ3) is 3.61. The summed E-state index contributed by atoms with van der Waals surface area (Å²) in [6.45, 7) is 0. The van der Waals surface area contributed by atoms with E-state index in [0.29, 0.717) is 5.69 Å². The molecule has 0 unspecified atom stereocenters. The summed E-state index contributed by atoms with van der Waals surface area (Å²) in [5.41, 5.74) is 2.50. The van der Waals surface area contributed by atoms with E-state index in [1.54, 1.807) is 0 Å². The number of aromatic nitrogens is 3. The molecule has 31 heavy (non-hydrogen) atoms. The number of rotatable bonds is 5. The number of esters is 1. The number of hydrogen-bond donors (Lipinski definition) is 2. The Morgan fingerprint density at radius 3 is 2.74 bits per heavy atom. The molecule has 0 saturated carbocycles. The number of fused-ring (bicyclic) bond motifs is 1. The second-order valence-corrected chi connectivity index (χ2v) is 6.75. The molecule has 158 valence electrons. The first kappa shape index (κ1) is 20.1. The van der Waals surface area contributed by atoms with Crippen LogP contribution in [0.25, 0.3) is 22.2 Å². The lowest BCUT2D eigenvalue weighted by molar-refractivity contribution is 0.0601. The van der Waals surface area contributed by atoms with Crippen LogP contribution in [0, 0.1) is 5.82 Å². The number of nitrogens with zero attached hydrogens (tertiary/aromatic N) is 3. The average Bonchev–Trinajstić information content (AvgIpc) is 3.12. The van der Waals surface area contributed by atoms with E-state index in [-0.39, 0.29) is 22.9 Å². The number of nitrogens with one attached hydrogen (secondary N) is 1. The summed E-state index contributed by atoms with van der Waals surface area (Å²) in [5.74, 6) is -1.67. The lowest BCUT2D eigenvalue weighted by Crippen LogP contribution is -2.08. The largest absolute Gasteiger partial charge is 0.505 e. The van der Waals surface area contributed by atoms with Gasteiger partial charge >= 0.3 is 5.97 Å². The van der Waals surface area contributed by atoms with Crippen LogP contribution in [0.15, 0.2) is 48.8 Å². The number of methoxy groups -OCH3 is 2. The SMILES string of the molecule is COC(=O)c1cnc(Nc2cc(O)c(F)cc2OC)nc1-c1cn(C)c2ccccc12. The third-order valence-corrected chi connectivity index (χ3v) is 4.86. The molecule has 0 saturated heterocycles. The molecular formula is C22H19FN4O4. The van der Waals surface area contributed by atoms with Gasteiger partial charge in [-0.15, -0.1) is 0 Å². The first-order valence-corrected chi connectivity index (χ1v) is 9.26. The normalized spacial score (nSPS) is 10.8. The fraction of sp³-hybridized carbons (Fsp3) is 0.136. The Morgan fingerprint density at radius 2 is 2.00 bits per heavy atom. The molecule has 2 heterocycles. The van der Waals surface area contributed by atoms with E-state index < -0.39 is 17.5 Å². The van der Waals surface area contributed by atoms with E-state index in [2.05, 4.69) is 15.3 Å². The highest BCUT2D eigenvalue weighted by Crippen LogP contribution is 2.35. The van der Waals surface area contributed by atoms with E-state index in [1.807, 2.05) is 42.1 Å². The molecule has 0 aliphatic rings. The van der Waals surface area contributed by atoms with E-state index in [1.165, 1.54) is 26.5 Å². The lowest BCUT2D eigenvalue weighted by Gasteiger charge is -2.13. The molecule has 8 nitrogen and oxygen atoms in total. The quantitative estimate of drug-likeness (QED) is 0.469. The van der Waals surface area contributed by atoms with Crippen LogP contribution >= 0.6 is 0 Å². The van der Waals surface area contributed by atoms with Crippen molar-refractivity contribution in [1.29, 1.82) is 0 Å². The molecule has 0 aliphatic carbocycles. The first-order valence-electron chi connectivity index (χ1n) is 9.26. The number of anilines is 2. The standard InChI is InChI=1S/C22H19FN4O4/c1-27-11-14(12-6-4-5-7-17(12)27)20-13(21(29)31-3)10-24-22(26-20)25-16-9-18(28)15(23)8-19(16)30-2/h4-11,28H,1-3H3,(H,24,25,26). The number of benzene rings is 2. The van der Waals surface area contributed by atoms with Gasteiger partial charge in [-0.3, -0.25) is 0 Å². The molecule has 4 rings (SSSR count). The van der Waals surface area contributed by atoms with Gasteiger partial charge in [-0.2, -0.15) is 0 Å². The number of halogens is 1. The number of hydrogen-bond acceptors (Lipinski definition) is 7. The highest BCUT2D eigenvalue weighted by Gasteiger charge is 2.21. The van der Waals surface area contributed by atoms with Gasteiger partial charge in [0.25, 0.3) is 0 Å². The fourth-order valence-corrected chi connectivity index (χ4v) is 3.37. The maximum Gasteiger partial charge on any atom is 0.341 e. The number of carbonyl (C=O) groups is 1. The number of phenolic OH excluding ortho intramolecular Hbond substituents is 1. The van der Waals surface area contributed by atoms with Crippen molar-refractivity contribution in [1.82, 2.24) is 14.5 Å². The summed E-state index contributed by atoms with van der Waals surface area (Å²) in [6, 6.07) is 9.93. The van der Waals surface area contributed by atoms with Gasteiger partial charge in [-0.1, -0.05) is 18.2 Å². The summed E-state index contributed by atoms with van der Waals surface area (Å²) in [6.07, 6.45) is 3.22. The van der Waals surface area contributed by atoms with Crippen molar-refractivity contribution in [2.24, 2.45) is 7.05 Å². The summed E-state index contributed by atoms with van der Waals surface area (Å²) in [4.78, 5) is 21.1. The molecule has 0 aliphatic heterocycles. The van der Waals surface area contributed by atoms with Gasteiger partial charge in [-0.25, -0.2) is 19.2 Å². The molecule has 2 N–H and O–H groups in total. The molecule has 0 spiro atoms. The van der Waals surface area contributed by atoms with Gasteiger partial charge < -0.3 is 24.5 Å².